The smallest absolute Gasteiger partial charge is 0.265 e. The molecule has 0 atom stereocenters. The Morgan fingerprint density at radius 2 is 1.87 bits per heavy atom. The van der Waals surface area contributed by atoms with E-state index >= 15 is 0 Å². The lowest BCUT2D eigenvalue weighted by Crippen LogP contribution is -2.39. The number of ether oxygens (including phenoxy) is 1. The van der Waals surface area contributed by atoms with Gasteiger partial charge in [0.2, 0.25) is 0 Å². The predicted octanol–water partition coefficient (Wildman–Crippen LogP) is 3.16. The number of nitrogens with zero attached hydrogens (tertiary/aromatic N) is 5. The van der Waals surface area contributed by atoms with E-state index in [1.165, 1.54) is 10.6 Å². The summed E-state index contributed by atoms with van der Waals surface area (Å²) >= 11 is 0. The van der Waals surface area contributed by atoms with Crippen molar-refractivity contribution in [2.45, 2.75) is 6.42 Å². The van der Waals surface area contributed by atoms with Gasteiger partial charge in [0.15, 0.2) is 18.1 Å². The number of amides is 1. The second kappa shape index (κ2) is 8.02. The van der Waals surface area contributed by atoms with E-state index in [2.05, 4.69) is 20.6 Å². The van der Waals surface area contributed by atoms with Gasteiger partial charge >= 0.3 is 0 Å². The van der Waals surface area contributed by atoms with Crippen molar-refractivity contribution in [2.24, 2.45) is 0 Å². The van der Waals surface area contributed by atoms with Gasteiger partial charge < -0.3 is 15.0 Å². The van der Waals surface area contributed by atoms with Crippen LogP contribution in [0.3, 0.4) is 0 Å². The van der Waals surface area contributed by atoms with Crippen LogP contribution in [0.15, 0.2) is 60.7 Å². The monoisotopic (exact) mass is 418 g/mol. The Labute approximate surface area is 177 Å². The van der Waals surface area contributed by atoms with Gasteiger partial charge in [0.25, 0.3) is 5.91 Å². The minimum Gasteiger partial charge on any atom is -0.482 e. The molecule has 1 aliphatic rings. The van der Waals surface area contributed by atoms with Crippen molar-refractivity contribution >= 4 is 23.1 Å². The number of halogens is 1. The van der Waals surface area contributed by atoms with E-state index in [1.807, 2.05) is 24.3 Å². The van der Waals surface area contributed by atoms with Crippen molar-refractivity contribution in [3.05, 3.63) is 66.5 Å². The van der Waals surface area contributed by atoms with Crippen molar-refractivity contribution in [3.8, 4) is 17.1 Å². The largest absolute Gasteiger partial charge is 0.482 e. The molecule has 2 aromatic carbocycles. The number of nitrogens with one attached hydrogen (secondary N) is 1. The highest BCUT2D eigenvalue weighted by Gasteiger charge is 2.24. The van der Waals surface area contributed by atoms with Gasteiger partial charge in [-0.25, -0.2) is 4.39 Å². The van der Waals surface area contributed by atoms with Crippen molar-refractivity contribution in [1.29, 1.82) is 0 Å². The lowest BCUT2D eigenvalue weighted by molar-refractivity contribution is -0.121. The number of anilines is 2. The number of carbonyl (C=O) groups is 1. The third kappa shape index (κ3) is 3.65. The van der Waals surface area contributed by atoms with Crippen LogP contribution < -0.4 is 15.0 Å². The lowest BCUT2D eigenvalue weighted by atomic mass is 10.2. The molecule has 1 aliphatic heterocycles. The number of fused-ring (bicyclic) bond motifs is 2. The van der Waals surface area contributed by atoms with Gasteiger partial charge in [0.1, 0.15) is 17.4 Å². The fraction of sp³-hybridized carbons (Fsp3) is 0.182. The molecule has 8 nitrogen and oxygen atoms in total. The van der Waals surface area contributed by atoms with Gasteiger partial charge in [-0.3, -0.25) is 4.79 Å². The number of hydrogen-bond donors (Lipinski definition) is 1. The standard InChI is InChI=1S/C22H19FN6O2/c23-16-7-2-1-6-15(16)22-26-25-20-11-10-19(27-29(20)22)24-12-5-13-28-17-8-3-4-9-18(17)31-14-21(28)30/h1-4,6-11H,5,12-14H2,(H,24,27). The number of para-hydroxylation sites is 2. The Morgan fingerprint density at radius 1 is 1.03 bits per heavy atom. The summed E-state index contributed by atoms with van der Waals surface area (Å²) in [5, 5.41) is 15.9. The van der Waals surface area contributed by atoms with E-state index in [0.29, 0.717) is 42.4 Å². The molecule has 0 fully saturated rings. The van der Waals surface area contributed by atoms with Gasteiger partial charge in [-0.1, -0.05) is 24.3 Å². The van der Waals surface area contributed by atoms with Crippen LogP contribution in [0, 0.1) is 5.82 Å². The fourth-order valence-electron chi connectivity index (χ4n) is 3.55. The molecule has 0 saturated heterocycles. The molecule has 0 saturated carbocycles. The summed E-state index contributed by atoms with van der Waals surface area (Å²) in [7, 11) is 0. The molecule has 9 heteroatoms. The molecule has 1 N–H and O–H groups in total. The van der Waals surface area contributed by atoms with Gasteiger partial charge in [-0.15, -0.1) is 15.3 Å². The predicted molar refractivity (Wildman–Crippen MR) is 114 cm³/mol. The molecule has 2 aromatic heterocycles. The summed E-state index contributed by atoms with van der Waals surface area (Å²) < 4.78 is 21.2. The molecule has 5 rings (SSSR count). The summed E-state index contributed by atoms with van der Waals surface area (Å²) in [6.45, 7) is 1.21. The van der Waals surface area contributed by atoms with Crippen LogP contribution in [0.4, 0.5) is 15.9 Å². The topological polar surface area (TPSA) is 84.6 Å². The maximum atomic E-state index is 14.2. The normalized spacial score (nSPS) is 13.2. The third-order valence-electron chi connectivity index (χ3n) is 5.05. The van der Waals surface area contributed by atoms with E-state index in [1.54, 1.807) is 35.2 Å². The van der Waals surface area contributed by atoms with E-state index < -0.39 is 0 Å². The maximum absolute atomic E-state index is 14.2. The zero-order chi connectivity index (χ0) is 21.2. The molecular weight excluding hydrogens is 399 g/mol. The van der Waals surface area contributed by atoms with Crippen LogP contribution >= 0.6 is 0 Å². The first-order valence-corrected chi connectivity index (χ1v) is 9.94. The van der Waals surface area contributed by atoms with Crippen LogP contribution in [0.5, 0.6) is 5.75 Å². The maximum Gasteiger partial charge on any atom is 0.265 e. The average Bonchev–Trinajstić information content (AvgIpc) is 3.21. The molecule has 0 spiro atoms. The van der Waals surface area contributed by atoms with Crippen LogP contribution in [0.25, 0.3) is 17.0 Å². The minimum atomic E-state index is -0.382. The van der Waals surface area contributed by atoms with Crippen molar-refractivity contribution in [1.82, 2.24) is 19.8 Å². The Bertz CT molecular complexity index is 1260. The van der Waals surface area contributed by atoms with Crippen LogP contribution in [-0.4, -0.2) is 45.4 Å². The SMILES string of the molecule is O=C1COc2ccccc2N1CCCNc1ccc2nnc(-c3ccccc3F)n2n1. The number of hydrogen-bond acceptors (Lipinski definition) is 6. The van der Waals surface area contributed by atoms with Gasteiger partial charge in [-0.2, -0.15) is 4.52 Å². The summed E-state index contributed by atoms with van der Waals surface area (Å²) in [5.74, 6) is 1.23. The Hall–Kier alpha value is -4.01. The molecule has 0 aliphatic carbocycles. The number of benzene rings is 2. The van der Waals surface area contributed by atoms with E-state index in [0.717, 1.165) is 11.4 Å². The fourth-order valence-corrected chi connectivity index (χ4v) is 3.55. The zero-order valence-corrected chi connectivity index (χ0v) is 16.5. The summed E-state index contributed by atoms with van der Waals surface area (Å²) in [6, 6.07) is 17.5. The number of carbonyl (C=O) groups excluding carboxylic acids is 1. The first-order chi connectivity index (χ1) is 15.2. The van der Waals surface area contributed by atoms with Crippen molar-refractivity contribution in [3.63, 3.8) is 0 Å². The molecule has 0 radical (unpaired) electrons. The second-order valence-corrected chi connectivity index (χ2v) is 7.07. The van der Waals surface area contributed by atoms with Gasteiger partial charge in [-0.05, 0) is 42.8 Å². The lowest BCUT2D eigenvalue weighted by Gasteiger charge is -2.29. The van der Waals surface area contributed by atoms with Gasteiger partial charge in [0, 0.05) is 13.1 Å². The van der Waals surface area contributed by atoms with Gasteiger partial charge in [0.05, 0.1) is 11.3 Å². The molecule has 4 aromatic rings. The Kier molecular flexibility index (Phi) is 4.91. The van der Waals surface area contributed by atoms with Crippen molar-refractivity contribution < 1.29 is 13.9 Å². The number of rotatable bonds is 6. The zero-order valence-electron chi connectivity index (χ0n) is 16.5. The molecule has 156 valence electrons. The summed E-state index contributed by atoms with van der Waals surface area (Å²) in [4.78, 5) is 14.0. The highest BCUT2D eigenvalue weighted by molar-refractivity contribution is 5.97. The molecule has 31 heavy (non-hydrogen) atoms. The Balaban J connectivity index is 1.27. The quantitative estimate of drug-likeness (QED) is 0.484. The molecule has 1 amide bonds. The first kappa shape index (κ1) is 19.0. The molecule has 3 heterocycles. The highest BCUT2D eigenvalue weighted by Crippen LogP contribution is 2.31. The van der Waals surface area contributed by atoms with E-state index in [9.17, 15) is 9.18 Å². The Morgan fingerprint density at radius 3 is 2.77 bits per heavy atom. The summed E-state index contributed by atoms with van der Waals surface area (Å²) in [6.07, 6.45) is 0.710. The van der Waals surface area contributed by atoms with Crippen molar-refractivity contribution in [2.75, 3.05) is 29.9 Å². The molecule has 0 unspecified atom stereocenters. The van der Waals surface area contributed by atoms with Crippen LogP contribution in [0.1, 0.15) is 6.42 Å². The minimum absolute atomic E-state index is 0.0507. The third-order valence-corrected chi connectivity index (χ3v) is 5.05. The van der Waals surface area contributed by atoms with E-state index in [4.69, 9.17) is 4.74 Å². The average molecular weight is 418 g/mol. The van der Waals surface area contributed by atoms with Crippen LogP contribution in [0.2, 0.25) is 0 Å². The molecule has 0 bridgehead atoms. The van der Waals surface area contributed by atoms with Crippen LogP contribution in [-0.2, 0) is 4.79 Å². The first-order valence-electron chi connectivity index (χ1n) is 9.94. The number of aromatic nitrogens is 4. The summed E-state index contributed by atoms with van der Waals surface area (Å²) in [5.41, 5.74) is 1.65. The highest BCUT2D eigenvalue weighted by atomic mass is 19.1. The molecular formula is C22H19FN6O2. The second-order valence-electron chi connectivity index (χ2n) is 7.07. The van der Waals surface area contributed by atoms with E-state index in [-0.39, 0.29) is 18.3 Å².